The molecular formula is C12H19N3O. The SMILES string of the molecule is COCCCN(C)c1cccc(C(=N)N)c1. The van der Waals surface area contributed by atoms with Crippen LogP contribution in [0, 0.1) is 5.41 Å². The van der Waals surface area contributed by atoms with Gasteiger partial charge in [0.1, 0.15) is 5.84 Å². The van der Waals surface area contributed by atoms with Crippen molar-refractivity contribution in [2.24, 2.45) is 5.73 Å². The Morgan fingerprint density at radius 1 is 1.50 bits per heavy atom. The first-order chi connectivity index (χ1) is 7.65. The number of nitrogens with zero attached hydrogens (tertiary/aromatic N) is 1. The van der Waals surface area contributed by atoms with E-state index in [1.807, 2.05) is 31.3 Å². The van der Waals surface area contributed by atoms with Crippen LogP contribution in [0.25, 0.3) is 0 Å². The van der Waals surface area contributed by atoms with Crippen molar-refractivity contribution in [2.45, 2.75) is 6.42 Å². The normalized spacial score (nSPS) is 10.1. The average Bonchev–Trinajstić information content (AvgIpc) is 2.29. The van der Waals surface area contributed by atoms with Crippen LogP contribution in [-0.2, 0) is 4.74 Å². The quantitative estimate of drug-likeness (QED) is 0.434. The van der Waals surface area contributed by atoms with Crippen LogP contribution in [0.4, 0.5) is 5.69 Å². The Morgan fingerprint density at radius 3 is 2.88 bits per heavy atom. The van der Waals surface area contributed by atoms with Gasteiger partial charge in [0.25, 0.3) is 0 Å². The smallest absolute Gasteiger partial charge is 0.122 e. The summed E-state index contributed by atoms with van der Waals surface area (Å²) in [5.41, 5.74) is 7.28. The van der Waals surface area contributed by atoms with Gasteiger partial charge in [0.05, 0.1) is 0 Å². The number of hydrogen-bond donors (Lipinski definition) is 2. The topological polar surface area (TPSA) is 62.3 Å². The van der Waals surface area contributed by atoms with Crippen LogP contribution in [0.3, 0.4) is 0 Å². The molecule has 0 atom stereocenters. The number of rotatable bonds is 6. The van der Waals surface area contributed by atoms with Crippen molar-refractivity contribution in [3.63, 3.8) is 0 Å². The van der Waals surface area contributed by atoms with Crippen molar-refractivity contribution >= 4 is 11.5 Å². The number of hydrogen-bond acceptors (Lipinski definition) is 3. The maximum Gasteiger partial charge on any atom is 0.122 e. The third kappa shape index (κ3) is 3.55. The van der Waals surface area contributed by atoms with Gasteiger partial charge in [-0.25, -0.2) is 0 Å². The van der Waals surface area contributed by atoms with Crippen LogP contribution in [0.15, 0.2) is 24.3 Å². The lowest BCUT2D eigenvalue weighted by Crippen LogP contribution is -2.20. The molecule has 0 spiro atoms. The third-order valence-corrected chi connectivity index (χ3v) is 2.44. The van der Waals surface area contributed by atoms with Gasteiger partial charge in [0.2, 0.25) is 0 Å². The molecule has 4 nitrogen and oxygen atoms in total. The van der Waals surface area contributed by atoms with E-state index in [0.29, 0.717) is 0 Å². The second-order valence-corrected chi connectivity index (χ2v) is 3.73. The minimum atomic E-state index is 0.104. The van der Waals surface area contributed by atoms with Crippen LogP contribution in [0.1, 0.15) is 12.0 Å². The fraction of sp³-hybridized carbons (Fsp3) is 0.417. The van der Waals surface area contributed by atoms with Gasteiger partial charge in [-0.2, -0.15) is 0 Å². The Bertz CT molecular complexity index is 352. The lowest BCUT2D eigenvalue weighted by molar-refractivity contribution is 0.196. The van der Waals surface area contributed by atoms with Crippen LogP contribution in [-0.4, -0.2) is 33.1 Å². The van der Waals surface area contributed by atoms with Crippen LogP contribution < -0.4 is 10.6 Å². The lowest BCUT2D eigenvalue weighted by atomic mass is 10.1. The molecular weight excluding hydrogens is 202 g/mol. The molecule has 16 heavy (non-hydrogen) atoms. The standard InChI is InChI=1S/C12H19N3O/c1-15(7-4-8-16-2)11-6-3-5-10(9-11)12(13)14/h3,5-6,9H,4,7-8H2,1-2H3,(H3,13,14). The minimum Gasteiger partial charge on any atom is -0.385 e. The molecule has 1 aromatic carbocycles. The van der Waals surface area contributed by atoms with Crippen molar-refractivity contribution in [3.05, 3.63) is 29.8 Å². The molecule has 88 valence electrons. The summed E-state index contributed by atoms with van der Waals surface area (Å²) in [6, 6.07) is 7.70. The van der Waals surface area contributed by atoms with Gasteiger partial charge in [-0.15, -0.1) is 0 Å². The van der Waals surface area contributed by atoms with Crippen LogP contribution in [0.2, 0.25) is 0 Å². The Labute approximate surface area is 96.5 Å². The summed E-state index contributed by atoms with van der Waals surface area (Å²) in [7, 11) is 3.73. The van der Waals surface area contributed by atoms with E-state index in [9.17, 15) is 0 Å². The molecule has 0 aromatic heterocycles. The van der Waals surface area contributed by atoms with E-state index in [1.165, 1.54) is 0 Å². The van der Waals surface area contributed by atoms with Gasteiger partial charge < -0.3 is 15.4 Å². The van der Waals surface area contributed by atoms with Gasteiger partial charge in [-0.3, -0.25) is 5.41 Å². The number of methoxy groups -OCH3 is 1. The first-order valence-corrected chi connectivity index (χ1v) is 5.29. The fourth-order valence-electron chi connectivity index (χ4n) is 1.49. The van der Waals surface area contributed by atoms with E-state index < -0.39 is 0 Å². The highest BCUT2D eigenvalue weighted by Crippen LogP contribution is 2.14. The Hall–Kier alpha value is -1.55. The summed E-state index contributed by atoms with van der Waals surface area (Å²) < 4.78 is 5.01. The third-order valence-electron chi connectivity index (χ3n) is 2.44. The average molecular weight is 221 g/mol. The maximum absolute atomic E-state index is 7.38. The molecule has 0 amide bonds. The number of ether oxygens (including phenoxy) is 1. The number of nitrogens with two attached hydrogens (primary N) is 1. The summed E-state index contributed by atoms with van der Waals surface area (Å²) in [5, 5.41) is 7.38. The molecule has 0 saturated heterocycles. The van der Waals surface area contributed by atoms with Gasteiger partial charge in [-0.05, 0) is 18.6 Å². The molecule has 0 unspecified atom stereocenters. The van der Waals surface area contributed by atoms with Crippen molar-refractivity contribution in [1.82, 2.24) is 0 Å². The number of anilines is 1. The molecule has 0 aliphatic rings. The number of benzene rings is 1. The summed E-state index contributed by atoms with van der Waals surface area (Å²) in [4.78, 5) is 2.13. The molecule has 0 aliphatic carbocycles. The summed E-state index contributed by atoms with van der Waals surface area (Å²) >= 11 is 0. The summed E-state index contributed by atoms with van der Waals surface area (Å²) in [6.45, 7) is 1.69. The van der Waals surface area contributed by atoms with Gasteiger partial charge >= 0.3 is 0 Å². The molecule has 0 saturated carbocycles. The molecule has 1 rings (SSSR count). The van der Waals surface area contributed by atoms with Gasteiger partial charge in [0.15, 0.2) is 0 Å². The molecule has 3 N–H and O–H groups in total. The molecule has 0 aliphatic heterocycles. The first-order valence-electron chi connectivity index (χ1n) is 5.29. The number of nitrogen functional groups attached to an aromatic ring is 1. The highest BCUT2D eigenvalue weighted by atomic mass is 16.5. The summed E-state index contributed by atoms with van der Waals surface area (Å²) in [6.07, 6.45) is 0.983. The zero-order valence-electron chi connectivity index (χ0n) is 9.86. The monoisotopic (exact) mass is 221 g/mol. The summed E-state index contributed by atoms with van der Waals surface area (Å²) in [5.74, 6) is 0.104. The fourth-order valence-corrected chi connectivity index (χ4v) is 1.49. The molecule has 0 heterocycles. The van der Waals surface area contributed by atoms with Crippen molar-refractivity contribution in [3.8, 4) is 0 Å². The van der Waals surface area contributed by atoms with E-state index in [1.54, 1.807) is 7.11 Å². The first kappa shape index (κ1) is 12.5. The maximum atomic E-state index is 7.38. The van der Waals surface area contributed by atoms with Crippen LogP contribution in [0.5, 0.6) is 0 Å². The largest absolute Gasteiger partial charge is 0.385 e. The predicted molar refractivity (Wildman–Crippen MR) is 67.2 cm³/mol. The molecule has 0 radical (unpaired) electrons. The second kappa shape index (κ2) is 6.12. The van der Waals surface area contributed by atoms with E-state index in [4.69, 9.17) is 15.9 Å². The minimum absolute atomic E-state index is 0.104. The molecule has 4 heteroatoms. The van der Waals surface area contributed by atoms with Crippen molar-refractivity contribution in [1.29, 1.82) is 5.41 Å². The zero-order chi connectivity index (χ0) is 12.0. The van der Waals surface area contributed by atoms with E-state index in [-0.39, 0.29) is 5.84 Å². The van der Waals surface area contributed by atoms with Crippen LogP contribution >= 0.6 is 0 Å². The van der Waals surface area contributed by atoms with E-state index in [2.05, 4.69) is 4.90 Å². The lowest BCUT2D eigenvalue weighted by Gasteiger charge is -2.19. The molecule has 0 bridgehead atoms. The van der Waals surface area contributed by atoms with Gasteiger partial charge in [0, 0.05) is 38.6 Å². The Balaban J connectivity index is 2.64. The van der Waals surface area contributed by atoms with E-state index in [0.717, 1.165) is 30.8 Å². The Kier molecular flexibility index (Phi) is 4.79. The van der Waals surface area contributed by atoms with E-state index >= 15 is 0 Å². The van der Waals surface area contributed by atoms with Gasteiger partial charge in [-0.1, -0.05) is 12.1 Å². The second-order valence-electron chi connectivity index (χ2n) is 3.73. The molecule has 0 fully saturated rings. The number of nitrogens with one attached hydrogen (secondary N) is 1. The highest BCUT2D eigenvalue weighted by molar-refractivity contribution is 5.95. The van der Waals surface area contributed by atoms with Crippen molar-refractivity contribution < 1.29 is 4.74 Å². The predicted octanol–water partition coefficient (Wildman–Crippen LogP) is 1.44. The Morgan fingerprint density at radius 2 is 2.25 bits per heavy atom. The zero-order valence-corrected chi connectivity index (χ0v) is 9.86. The number of amidine groups is 1. The highest BCUT2D eigenvalue weighted by Gasteiger charge is 2.02. The molecule has 1 aromatic rings. The van der Waals surface area contributed by atoms with Crippen molar-refractivity contribution in [2.75, 3.05) is 32.2 Å².